The maximum atomic E-state index is 11.2. The Labute approximate surface area is 114 Å². The third-order valence-electron chi connectivity index (χ3n) is 4.08. The molecule has 2 N–H and O–H groups in total. The lowest BCUT2D eigenvalue weighted by atomic mass is 9.79. The van der Waals surface area contributed by atoms with Gasteiger partial charge < -0.3 is 15.0 Å². The fourth-order valence-electron chi connectivity index (χ4n) is 2.94. The van der Waals surface area contributed by atoms with Crippen LogP contribution < -0.4 is 5.32 Å². The van der Waals surface area contributed by atoms with E-state index < -0.39 is 5.97 Å². The summed E-state index contributed by atoms with van der Waals surface area (Å²) in [6.45, 7) is 4.55. The highest BCUT2D eigenvalue weighted by Gasteiger charge is 2.30. The molecule has 1 saturated carbocycles. The Morgan fingerprint density at radius 1 is 1.53 bits per heavy atom. The molecule has 1 aliphatic rings. The predicted molar refractivity (Wildman–Crippen MR) is 72.7 cm³/mol. The van der Waals surface area contributed by atoms with Crippen molar-refractivity contribution in [2.45, 2.75) is 45.7 Å². The van der Waals surface area contributed by atoms with Crippen molar-refractivity contribution in [3.8, 4) is 0 Å². The molecule has 0 radical (unpaired) electrons. The second kappa shape index (κ2) is 6.70. The first-order valence-electron chi connectivity index (χ1n) is 7.15. The van der Waals surface area contributed by atoms with Gasteiger partial charge in [-0.1, -0.05) is 12.8 Å². The number of hydrogen-bond donors (Lipinski definition) is 2. The Bertz CT molecular complexity index is 417. The SMILES string of the molecule is CCn1cncc1CNCC1CCCCC1C(=O)O. The smallest absolute Gasteiger partial charge is 0.306 e. The van der Waals surface area contributed by atoms with Gasteiger partial charge in [-0.05, 0) is 32.2 Å². The molecule has 106 valence electrons. The largest absolute Gasteiger partial charge is 0.481 e. The molecule has 1 aromatic heterocycles. The molecule has 0 spiro atoms. The topological polar surface area (TPSA) is 67.2 Å². The van der Waals surface area contributed by atoms with Crippen molar-refractivity contribution in [2.75, 3.05) is 6.54 Å². The quantitative estimate of drug-likeness (QED) is 0.824. The van der Waals surface area contributed by atoms with Crippen LogP contribution in [-0.2, 0) is 17.9 Å². The van der Waals surface area contributed by atoms with E-state index in [-0.39, 0.29) is 11.8 Å². The highest BCUT2D eigenvalue weighted by atomic mass is 16.4. The molecule has 0 saturated heterocycles. The zero-order chi connectivity index (χ0) is 13.7. The van der Waals surface area contributed by atoms with Crippen LogP contribution in [0.1, 0.15) is 38.3 Å². The summed E-state index contributed by atoms with van der Waals surface area (Å²) in [6.07, 6.45) is 7.76. The summed E-state index contributed by atoms with van der Waals surface area (Å²) in [5, 5.41) is 12.6. The zero-order valence-electron chi connectivity index (χ0n) is 11.5. The number of nitrogens with one attached hydrogen (secondary N) is 1. The van der Waals surface area contributed by atoms with E-state index in [2.05, 4.69) is 21.8 Å². The molecule has 1 fully saturated rings. The van der Waals surface area contributed by atoms with Gasteiger partial charge in [-0.2, -0.15) is 0 Å². The van der Waals surface area contributed by atoms with Gasteiger partial charge in [-0.25, -0.2) is 4.98 Å². The highest BCUT2D eigenvalue weighted by Crippen LogP contribution is 2.29. The minimum Gasteiger partial charge on any atom is -0.481 e. The van der Waals surface area contributed by atoms with Crippen molar-refractivity contribution in [1.82, 2.24) is 14.9 Å². The summed E-state index contributed by atoms with van der Waals surface area (Å²) in [5.74, 6) is -0.535. The molecule has 2 unspecified atom stereocenters. The van der Waals surface area contributed by atoms with Crippen LogP contribution in [0.2, 0.25) is 0 Å². The maximum absolute atomic E-state index is 11.2. The van der Waals surface area contributed by atoms with Gasteiger partial charge in [-0.3, -0.25) is 4.79 Å². The standard InChI is InChI=1S/C14H23N3O2/c1-2-17-10-16-9-12(17)8-15-7-11-5-3-4-6-13(11)14(18)19/h9-11,13,15H,2-8H2,1H3,(H,18,19). The molecule has 5 heteroatoms. The van der Waals surface area contributed by atoms with Gasteiger partial charge in [0.1, 0.15) is 0 Å². The lowest BCUT2D eigenvalue weighted by molar-refractivity contribution is -0.144. The minimum absolute atomic E-state index is 0.169. The summed E-state index contributed by atoms with van der Waals surface area (Å²) in [5.41, 5.74) is 1.16. The van der Waals surface area contributed by atoms with Crippen molar-refractivity contribution >= 4 is 5.97 Å². The number of nitrogens with zero attached hydrogens (tertiary/aromatic N) is 2. The Hall–Kier alpha value is -1.36. The number of carbonyl (C=O) groups is 1. The number of aryl methyl sites for hydroxylation is 1. The second-order valence-electron chi connectivity index (χ2n) is 5.29. The van der Waals surface area contributed by atoms with E-state index in [1.165, 1.54) is 0 Å². The van der Waals surface area contributed by atoms with E-state index in [0.717, 1.165) is 51.0 Å². The van der Waals surface area contributed by atoms with Crippen LogP contribution in [0.15, 0.2) is 12.5 Å². The average molecular weight is 265 g/mol. The van der Waals surface area contributed by atoms with Gasteiger partial charge in [0.25, 0.3) is 0 Å². The number of carboxylic acids is 1. The van der Waals surface area contributed by atoms with Crippen LogP contribution in [0.25, 0.3) is 0 Å². The lowest BCUT2D eigenvalue weighted by Crippen LogP contribution is -2.34. The molecule has 0 aliphatic heterocycles. The summed E-state index contributed by atoms with van der Waals surface area (Å²) in [4.78, 5) is 15.3. The van der Waals surface area contributed by atoms with Crippen molar-refractivity contribution in [2.24, 2.45) is 11.8 Å². The Morgan fingerprint density at radius 2 is 2.32 bits per heavy atom. The molecular weight excluding hydrogens is 242 g/mol. The molecule has 2 atom stereocenters. The van der Waals surface area contributed by atoms with E-state index >= 15 is 0 Å². The third-order valence-corrected chi connectivity index (χ3v) is 4.08. The van der Waals surface area contributed by atoms with Crippen molar-refractivity contribution in [1.29, 1.82) is 0 Å². The van der Waals surface area contributed by atoms with E-state index in [0.29, 0.717) is 0 Å². The van der Waals surface area contributed by atoms with Crippen LogP contribution >= 0.6 is 0 Å². The van der Waals surface area contributed by atoms with Crippen LogP contribution in [0, 0.1) is 11.8 Å². The zero-order valence-corrected chi connectivity index (χ0v) is 11.5. The second-order valence-corrected chi connectivity index (χ2v) is 5.29. The summed E-state index contributed by atoms with van der Waals surface area (Å²) in [6, 6.07) is 0. The highest BCUT2D eigenvalue weighted by molar-refractivity contribution is 5.70. The van der Waals surface area contributed by atoms with Gasteiger partial charge in [0.05, 0.1) is 17.9 Å². The van der Waals surface area contributed by atoms with Gasteiger partial charge in [0.15, 0.2) is 0 Å². The van der Waals surface area contributed by atoms with Gasteiger partial charge in [0, 0.05) is 19.3 Å². The first-order valence-corrected chi connectivity index (χ1v) is 7.15. The fraction of sp³-hybridized carbons (Fsp3) is 0.714. The van der Waals surface area contributed by atoms with E-state index in [1.807, 2.05) is 12.5 Å². The number of aliphatic carboxylic acids is 1. The monoisotopic (exact) mass is 265 g/mol. The summed E-state index contributed by atoms with van der Waals surface area (Å²) >= 11 is 0. The number of carboxylic acid groups (broad SMARTS) is 1. The first kappa shape index (κ1) is 14.1. The molecule has 1 aromatic rings. The molecule has 0 bridgehead atoms. The molecule has 5 nitrogen and oxygen atoms in total. The van der Waals surface area contributed by atoms with Crippen molar-refractivity contribution < 1.29 is 9.90 Å². The van der Waals surface area contributed by atoms with E-state index in [9.17, 15) is 9.90 Å². The number of rotatable bonds is 6. The van der Waals surface area contributed by atoms with Crippen LogP contribution in [0.5, 0.6) is 0 Å². The van der Waals surface area contributed by atoms with Crippen LogP contribution in [-0.4, -0.2) is 27.2 Å². The molecule has 1 heterocycles. The molecule has 0 aromatic carbocycles. The minimum atomic E-state index is -0.634. The molecule has 0 amide bonds. The first-order chi connectivity index (χ1) is 9.22. The van der Waals surface area contributed by atoms with Gasteiger partial charge in [0.2, 0.25) is 0 Å². The van der Waals surface area contributed by atoms with Gasteiger partial charge >= 0.3 is 5.97 Å². The Balaban J connectivity index is 1.82. The van der Waals surface area contributed by atoms with Gasteiger partial charge in [-0.15, -0.1) is 0 Å². The number of imidazole rings is 1. The van der Waals surface area contributed by atoms with Crippen LogP contribution in [0.3, 0.4) is 0 Å². The molecule has 2 rings (SSSR count). The summed E-state index contributed by atoms with van der Waals surface area (Å²) < 4.78 is 2.10. The number of hydrogen-bond acceptors (Lipinski definition) is 3. The normalized spacial score (nSPS) is 23.4. The lowest BCUT2D eigenvalue weighted by Gasteiger charge is -2.28. The average Bonchev–Trinajstić information content (AvgIpc) is 2.86. The third kappa shape index (κ3) is 3.56. The summed E-state index contributed by atoms with van der Waals surface area (Å²) in [7, 11) is 0. The maximum Gasteiger partial charge on any atom is 0.306 e. The predicted octanol–water partition coefficient (Wildman–Crippen LogP) is 1.88. The fourth-order valence-corrected chi connectivity index (χ4v) is 2.94. The Kier molecular flexibility index (Phi) is 4.96. The van der Waals surface area contributed by atoms with E-state index in [4.69, 9.17) is 0 Å². The van der Waals surface area contributed by atoms with Crippen molar-refractivity contribution in [3.05, 3.63) is 18.2 Å². The van der Waals surface area contributed by atoms with E-state index in [1.54, 1.807) is 0 Å². The number of aromatic nitrogens is 2. The Morgan fingerprint density at radius 3 is 3.05 bits per heavy atom. The van der Waals surface area contributed by atoms with Crippen LogP contribution in [0.4, 0.5) is 0 Å². The molecule has 1 aliphatic carbocycles. The van der Waals surface area contributed by atoms with Crippen molar-refractivity contribution in [3.63, 3.8) is 0 Å². The molecular formula is C14H23N3O2. The molecule has 19 heavy (non-hydrogen) atoms.